The first-order chi connectivity index (χ1) is 13.5. The van der Waals surface area contributed by atoms with Gasteiger partial charge in [0.25, 0.3) is 5.91 Å². The summed E-state index contributed by atoms with van der Waals surface area (Å²) in [5, 5.41) is 3.65. The third-order valence-electron chi connectivity index (χ3n) is 4.68. The van der Waals surface area contributed by atoms with Gasteiger partial charge in [-0.25, -0.2) is 9.97 Å². The zero-order chi connectivity index (χ0) is 20.1. The molecular weight excluding hydrogens is 374 g/mol. The molecule has 1 aliphatic rings. The SMILES string of the molecule is CSc1nc(C)c(CCC(=O)O[C@@H](C(=O)NC2CC2)c2ccccc2)c(C)n1. The summed E-state index contributed by atoms with van der Waals surface area (Å²) in [4.78, 5) is 34.0. The van der Waals surface area contributed by atoms with Crippen LogP contribution in [0.2, 0.25) is 0 Å². The van der Waals surface area contributed by atoms with Crippen molar-refractivity contribution in [1.82, 2.24) is 15.3 Å². The van der Waals surface area contributed by atoms with Gasteiger partial charge in [-0.1, -0.05) is 42.1 Å². The van der Waals surface area contributed by atoms with Crippen LogP contribution in [0.25, 0.3) is 0 Å². The fourth-order valence-corrected chi connectivity index (χ4v) is 3.44. The van der Waals surface area contributed by atoms with Crippen molar-refractivity contribution in [3.05, 3.63) is 52.8 Å². The van der Waals surface area contributed by atoms with Crippen LogP contribution < -0.4 is 5.32 Å². The van der Waals surface area contributed by atoms with E-state index < -0.39 is 12.1 Å². The van der Waals surface area contributed by atoms with Gasteiger partial charge in [0.05, 0.1) is 0 Å². The van der Waals surface area contributed by atoms with E-state index in [1.165, 1.54) is 11.8 Å². The van der Waals surface area contributed by atoms with Crippen LogP contribution >= 0.6 is 11.8 Å². The van der Waals surface area contributed by atoms with E-state index in [2.05, 4.69) is 15.3 Å². The molecule has 6 nitrogen and oxygen atoms in total. The van der Waals surface area contributed by atoms with Crippen molar-refractivity contribution >= 4 is 23.6 Å². The Morgan fingerprint density at radius 2 is 1.82 bits per heavy atom. The second-order valence-corrected chi connectivity index (χ2v) is 7.70. The quantitative estimate of drug-likeness (QED) is 0.417. The van der Waals surface area contributed by atoms with Gasteiger partial charge in [0.2, 0.25) is 6.10 Å². The van der Waals surface area contributed by atoms with Gasteiger partial charge in [-0.15, -0.1) is 0 Å². The number of nitrogens with zero attached hydrogens (tertiary/aromatic N) is 2. The standard InChI is InChI=1S/C21H25N3O3S/c1-13-17(14(2)23-21(22-13)28-3)11-12-18(25)27-19(15-7-5-4-6-8-15)20(26)24-16-9-10-16/h4-8,16,19H,9-12H2,1-3H3,(H,24,26)/t19-/m1/s1. The molecule has 148 valence electrons. The Bertz CT molecular complexity index is 830. The molecule has 1 aromatic heterocycles. The number of benzene rings is 1. The highest BCUT2D eigenvalue weighted by Crippen LogP contribution is 2.24. The molecule has 1 aromatic carbocycles. The summed E-state index contributed by atoms with van der Waals surface area (Å²) < 4.78 is 5.58. The van der Waals surface area contributed by atoms with Crippen molar-refractivity contribution in [2.75, 3.05) is 6.26 Å². The number of carbonyl (C=O) groups is 2. The average molecular weight is 400 g/mol. The Hall–Kier alpha value is -2.41. The van der Waals surface area contributed by atoms with Crippen LogP contribution in [-0.2, 0) is 20.7 Å². The van der Waals surface area contributed by atoms with Crippen molar-refractivity contribution in [2.24, 2.45) is 0 Å². The molecule has 3 rings (SSSR count). The summed E-state index contributed by atoms with van der Waals surface area (Å²) in [6, 6.07) is 9.33. The van der Waals surface area contributed by atoms with Gasteiger partial charge in [0.1, 0.15) is 0 Å². The molecular formula is C21H25N3O3S. The van der Waals surface area contributed by atoms with E-state index in [1.807, 2.05) is 38.3 Å². The van der Waals surface area contributed by atoms with Gasteiger partial charge >= 0.3 is 5.97 Å². The summed E-state index contributed by atoms with van der Waals surface area (Å²) in [5.74, 6) is -0.672. The number of ether oxygens (including phenoxy) is 1. The second-order valence-electron chi connectivity index (χ2n) is 6.92. The van der Waals surface area contributed by atoms with Crippen LogP contribution in [0.5, 0.6) is 0 Å². The number of amides is 1. The Morgan fingerprint density at radius 1 is 1.18 bits per heavy atom. The first-order valence-electron chi connectivity index (χ1n) is 9.41. The number of rotatable bonds is 8. The van der Waals surface area contributed by atoms with Crippen molar-refractivity contribution < 1.29 is 14.3 Å². The van der Waals surface area contributed by atoms with Crippen LogP contribution in [0.4, 0.5) is 0 Å². The van der Waals surface area contributed by atoms with Gasteiger partial charge in [0, 0.05) is 29.4 Å². The first-order valence-corrected chi connectivity index (χ1v) is 10.6. The summed E-state index contributed by atoms with van der Waals surface area (Å²) in [6.45, 7) is 3.84. The number of carbonyl (C=O) groups excluding carboxylic acids is 2. The number of thioether (sulfide) groups is 1. The lowest BCUT2D eigenvalue weighted by Crippen LogP contribution is -2.33. The molecule has 0 saturated heterocycles. The summed E-state index contributed by atoms with van der Waals surface area (Å²) in [5.41, 5.74) is 3.37. The Balaban J connectivity index is 1.66. The molecule has 1 saturated carbocycles. The Kier molecular flexibility index (Phi) is 6.67. The minimum atomic E-state index is -0.924. The lowest BCUT2D eigenvalue weighted by atomic mass is 10.1. The monoisotopic (exact) mass is 399 g/mol. The van der Waals surface area contributed by atoms with E-state index in [4.69, 9.17) is 4.74 Å². The molecule has 1 atom stereocenters. The molecule has 1 heterocycles. The molecule has 0 spiro atoms. The highest BCUT2D eigenvalue weighted by molar-refractivity contribution is 7.98. The number of hydrogen-bond donors (Lipinski definition) is 1. The number of hydrogen-bond acceptors (Lipinski definition) is 6. The molecule has 1 fully saturated rings. The largest absolute Gasteiger partial charge is 0.447 e. The second kappa shape index (κ2) is 9.19. The highest BCUT2D eigenvalue weighted by atomic mass is 32.2. The van der Waals surface area contributed by atoms with Crippen LogP contribution in [0, 0.1) is 13.8 Å². The van der Waals surface area contributed by atoms with E-state index in [-0.39, 0.29) is 18.4 Å². The predicted octanol–water partition coefficient (Wildman–Crippen LogP) is 3.31. The lowest BCUT2D eigenvalue weighted by molar-refractivity contribution is -0.156. The van der Waals surface area contributed by atoms with Crippen LogP contribution in [-0.4, -0.2) is 34.1 Å². The normalized spacial score (nSPS) is 14.4. The van der Waals surface area contributed by atoms with Gasteiger partial charge in [-0.3, -0.25) is 9.59 Å². The smallest absolute Gasteiger partial charge is 0.307 e. The zero-order valence-electron chi connectivity index (χ0n) is 16.4. The van der Waals surface area contributed by atoms with Crippen LogP contribution in [0.3, 0.4) is 0 Å². The van der Waals surface area contributed by atoms with E-state index in [9.17, 15) is 9.59 Å². The van der Waals surface area contributed by atoms with E-state index in [0.29, 0.717) is 12.0 Å². The minimum absolute atomic E-state index is 0.170. The maximum absolute atomic E-state index is 12.6. The Morgan fingerprint density at radius 3 is 2.39 bits per heavy atom. The topological polar surface area (TPSA) is 81.2 Å². The third kappa shape index (κ3) is 5.32. The minimum Gasteiger partial charge on any atom is -0.447 e. The van der Waals surface area contributed by atoms with Gasteiger partial charge in [-0.05, 0) is 44.9 Å². The maximum Gasteiger partial charge on any atom is 0.307 e. The molecule has 0 aliphatic heterocycles. The van der Waals surface area contributed by atoms with Crippen molar-refractivity contribution in [1.29, 1.82) is 0 Å². The van der Waals surface area contributed by atoms with Crippen LogP contribution in [0.15, 0.2) is 35.5 Å². The molecule has 0 unspecified atom stereocenters. The molecule has 0 radical (unpaired) electrons. The predicted molar refractivity (Wildman–Crippen MR) is 108 cm³/mol. The summed E-state index contributed by atoms with van der Waals surface area (Å²) in [6.07, 6.45) is 3.62. The summed E-state index contributed by atoms with van der Waals surface area (Å²) in [7, 11) is 0. The molecule has 1 aliphatic carbocycles. The van der Waals surface area contributed by atoms with Crippen molar-refractivity contribution in [3.8, 4) is 0 Å². The number of aromatic nitrogens is 2. The summed E-state index contributed by atoms with van der Waals surface area (Å²) >= 11 is 1.49. The molecule has 28 heavy (non-hydrogen) atoms. The molecule has 7 heteroatoms. The number of esters is 1. The molecule has 1 N–H and O–H groups in total. The molecule has 1 amide bonds. The van der Waals surface area contributed by atoms with E-state index >= 15 is 0 Å². The van der Waals surface area contributed by atoms with Gasteiger partial charge < -0.3 is 10.1 Å². The van der Waals surface area contributed by atoms with Gasteiger partial charge in [-0.2, -0.15) is 0 Å². The maximum atomic E-state index is 12.6. The first kappa shape index (κ1) is 20.3. The number of aryl methyl sites for hydroxylation is 2. The fraction of sp³-hybridized carbons (Fsp3) is 0.429. The van der Waals surface area contributed by atoms with Gasteiger partial charge in [0.15, 0.2) is 5.16 Å². The highest BCUT2D eigenvalue weighted by Gasteiger charge is 2.30. The van der Waals surface area contributed by atoms with Crippen molar-refractivity contribution in [3.63, 3.8) is 0 Å². The molecule has 2 aromatic rings. The van der Waals surface area contributed by atoms with E-state index in [1.54, 1.807) is 12.1 Å². The van der Waals surface area contributed by atoms with Crippen LogP contribution in [0.1, 0.15) is 47.9 Å². The Labute approximate surface area is 169 Å². The van der Waals surface area contributed by atoms with E-state index in [0.717, 1.165) is 34.9 Å². The van der Waals surface area contributed by atoms with Crippen molar-refractivity contribution in [2.45, 2.75) is 56.8 Å². The third-order valence-corrected chi connectivity index (χ3v) is 5.22. The lowest BCUT2D eigenvalue weighted by Gasteiger charge is -2.18. The average Bonchev–Trinajstić information content (AvgIpc) is 3.49. The zero-order valence-corrected chi connectivity index (χ0v) is 17.2. The number of nitrogens with one attached hydrogen (secondary N) is 1. The molecule has 0 bridgehead atoms. The fourth-order valence-electron chi connectivity index (χ4n) is 2.98.